The van der Waals surface area contributed by atoms with Crippen molar-refractivity contribution in [1.29, 1.82) is 0 Å². The largest absolute Gasteiger partial charge is 0.393 e. The van der Waals surface area contributed by atoms with Crippen LogP contribution in [0.1, 0.15) is 33.6 Å². The molecule has 0 aliphatic heterocycles. The van der Waals surface area contributed by atoms with Crippen LogP contribution in [0.3, 0.4) is 0 Å². The third kappa shape index (κ3) is 9.23. The van der Waals surface area contributed by atoms with E-state index in [9.17, 15) is 4.79 Å². The van der Waals surface area contributed by atoms with Crippen LogP contribution in [0.5, 0.6) is 0 Å². The van der Waals surface area contributed by atoms with E-state index in [0.29, 0.717) is 30.5 Å². The molecule has 0 aromatic rings. The third-order valence-corrected chi connectivity index (χ3v) is 3.20. The first-order chi connectivity index (χ1) is 9.38. The number of ether oxygens (including phenoxy) is 1. The number of methoxy groups -OCH3 is 1. The van der Waals surface area contributed by atoms with Gasteiger partial charge in [0.05, 0.1) is 11.0 Å². The Morgan fingerprint density at radius 1 is 1.40 bits per heavy atom. The maximum atomic E-state index is 12.1. The van der Waals surface area contributed by atoms with Gasteiger partial charge in [-0.25, -0.2) is 0 Å². The minimum absolute atomic E-state index is 0.0460. The molecule has 1 amide bonds. The second kappa shape index (κ2) is 11.0. The Labute approximate surface area is 128 Å². The Kier molecular flexibility index (Phi) is 10.6. The van der Waals surface area contributed by atoms with Crippen LogP contribution in [0.4, 0.5) is 0 Å². The predicted molar refractivity (Wildman–Crippen MR) is 86.8 cm³/mol. The highest BCUT2D eigenvalue weighted by molar-refractivity contribution is 7.80. The summed E-state index contributed by atoms with van der Waals surface area (Å²) in [6, 6.07) is -0.172. The number of amides is 1. The van der Waals surface area contributed by atoms with Crippen LogP contribution in [0, 0.1) is 5.92 Å². The Morgan fingerprint density at radius 3 is 2.55 bits per heavy atom. The van der Waals surface area contributed by atoms with Crippen molar-refractivity contribution < 1.29 is 9.53 Å². The maximum absolute atomic E-state index is 12.1. The van der Waals surface area contributed by atoms with E-state index in [-0.39, 0.29) is 11.9 Å². The van der Waals surface area contributed by atoms with Crippen molar-refractivity contribution >= 4 is 23.1 Å². The Bertz CT molecular complexity index is 298. The van der Waals surface area contributed by atoms with E-state index in [4.69, 9.17) is 22.7 Å². The van der Waals surface area contributed by atoms with Gasteiger partial charge in [0.25, 0.3) is 0 Å². The molecule has 0 fully saturated rings. The fourth-order valence-electron chi connectivity index (χ4n) is 1.91. The Hall–Kier alpha value is -0.720. The fourth-order valence-corrected chi connectivity index (χ4v) is 2.00. The number of carbonyl (C=O) groups excluding carboxylic acids is 1. The molecule has 5 nitrogen and oxygen atoms in total. The molecule has 1 unspecified atom stereocenters. The number of hydrogen-bond acceptors (Lipinski definition) is 4. The molecule has 0 saturated heterocycles. The lowest BCUT2D eigenvalue weighted by Gasteiger charge is -2.29. The van der Waals surface area contributed by atoms with Gasteiger partial charge >= 0.3 is 0 Å². The summed E-state index contributed by atoms with van der Waals surface area (Å²) >= 11 is 4.92. The number of rotatable bonds is 11. The summed E-state index contributed by atoms with van der Waals surface area (Å²) in [7, 11) is 1.66. The maximum Gasteiger partial charge on any atom is 0.237 e. The summed E-state index contributed by atoms with van der Waals surface area (Å²) in [5.41, 5.74) is 5.55. The number of nitrogens with two attached hydrogens (primary N) is 1. The van der Waals surface area contributed by atoms with E-state index in [0.717, 1.165) is 19.5 Å². The minimum Gasteiger partial charge on any atom is -0.393 e. The monoisotopic (exact) mass is 303 g/mol. The summed E-state index contributed by atoms with van der Waals surface area (Å²) in [4.78, 5) is 14.7. The molecule has 6 heteroatoms. The molecule has 0 saturated carbocycles. The van der Waals surface area contributed by atoms with Gasteiger partial charge in [-0.3, -0.25) is 9.69 Å². The van der Waals surface area contributed by atoms with Crippen LogP contribution in [-0.4, -0.2) is 55.2 Å². The van der Waals surface area contributed by atoms with Crippen molar-refractivity contribution in [2.24, 2.45) is 11.7 Å². The molecule has 3 N–H and O–H groups in total. The summed E-state index contributed by atoms with van der Waals surface area (Å²) in [6.45, 7) is 9.07. The summed E-state index contributed by atoms with van der Waals surface area (Å²) in [6.07, 6.45) is 1.47. The highest BCUT2D eigenvalue weighted by Gasteiger charge is 2.21. The molecule has 118 valence electrons. The van der Waals surface area contributed by atoms with Crippen LogP contribution in [-0.2, 0) is 9.53 Å². The van der Waals surface area contributed by atoms with Crippen molar-refractivity contribution in [1.82, 2.24) is 10.2 Å². The van der Waals surface area contributed by atoms with Crippen LogP contribution < -0.4 is 11.1 Å². The van der Waals surface area contributed by atoms with Gasteiger partial charge in [-0.1, -0.05) is 26.1 Å². The van der Waals surface area contributed by atoms with Crippen molar-refractivity contribution in [2.45, 2.75) is 39.7 Å². The van der Waals surface area contributed by atoms with E-state index in [2.05, 4.69) is 24.1 Å². The molecular weight excluding hydrogens is 274 g/mol. The van der Waals surface area contributed by atoms with Crippen LogP contribution in [0.25, 0.3) is 0 Å². The quantitative estimate of drug-likeness (QED) is 0.443. The van der Waals surface area contributed by atoms with E-state index in [1.165, 1.54) is 0 Å². The smallest absolute Gasteiger partial charge is 0.237 e. The first kappa shape index (κ1) is 19.3. The average molecular weight is 303 g/mol. The van der Waals surface area contributed by atoms with Crippen LogP contribution in [0.2, 0.25) is 0 Å². The van der Waals surface area contributed by atoms with Crippen LogP contribution in [0.15, 0.2) is 0 Å². The summed E-state index contributed by atoms with van der Waals surface area (Å²) in [5.74, 6) is 0.537. The van der Waals surface area contributed by atoms with Gasteiger partial charge in [-0.15, -0.1) is 0 Å². The zero-order chi connectivity index (χ0) is 15.5. The predicted octanol–water partition coefficient (Wildman–Crippen LogP) is 1.16. The molecule has 0 aromatic carbocycles. The first-order valence-electron chi connectivity index (χ1n) is 7.17. The highest BCUT2D eigenvalue weighted by atomic mass is 32.1. The highest BCUT2D eigenvalue weighted by Crippen LogP contribution is 2.06. The molecule has 0 aliphatic carbocycles. The van der Waals surface area contributed by atoms with Gasteiger partial charge in [-0.05, 0) is 19.3 Å². The molecule has 0 spiro atoms. The fraction of sp³-hybridized carbons (Fsp3) is 0.857. The van der Waals surface area contributed by atoms with Gasteiger partial charge in [0.1, 0.15) is 0 Å². The van der Waals surface area contributed by atoms with E-state index in [1.807, 2.05) is 6.92 Å². The molecule has 0 bridgehead atoms. The molecule has 0 aromatic heterocycles. The molecule has 0 aliphatic rings. The van der Waals surface area contributed by atoms with E-state index < -0.39 is 0 Å². The normalized spacial score (nSPS) is 12.7. The standard InChI is InChI=1S/C14H29N3O2S/c1-11(2)10-17(8-6-13(15)20)12(3)14(18)16-7-5-9-19-4/h11-12H,5-10H2,1-4H3,(H2,15,20)(H,16,18). The molecule has 0 radical (unpaired) electrons. The summed E-state index contributed by atoms with van der Waals surface area (Å²) < 4.78 is 4.96. The third-order valence-electron chi connectivity index (χ3n) is 3.00. The van der Waals surface area contributed by atoms with E-state index >= 15 is 0 Å². The average Bonchev–Trinajstić information content (AvgIpc) is 2.37. The molecule has 0 rings (SSSR count). The molecule has 1 atom stereocenters. The van der Waals surface area contributed by atoms with Gasteiger partial charge in [0.2, 0.25) is 5.91 Å². The van der Waals surface area contributed by atoms with Gasteiger partial charge < -0.3 is 15.8 Å². The summed E-state index contributed by atoms with van der Waals surface area (Å²) in [5, 5.41) is 2.93. The SMILES string of the molecule is COCCCNC(=O)C(C)N(CCC(N)=S)CC(C)C. The number of carbonyl (C=O) groups is 1. The van der Waals surface area contributed by atoms with Gasteiger partial charge in [-0.2, -0.15) is 0 Å². The van der Waals surface area contributed by atoms with Crippen molar-refractivity contribution in [3.8, 4) is 0 Å². The zero-order valence-electron chi connectivity index (χ0n) is 13.1. The first-order valence-corrected chi connectivity index (χ1v) is 7.58. The van der Waals surface area contributed by atoms with E-state index in [1.54, 1.807) is 7.11 Å². The van der Waals surface area contributed by atoms with Crippen molar-refractivity contribution in [3.05, 3.63) is 0 Å². The second-order valence-electron chi connectivity index (χ2n) is 5.42. The molecule has 20 heavy (non-hydrogen) atoms. The topological polar surface area (TPSA) is 67.6 Å². The Morgan fingerprint density at radius 2 is 2.05 bits per heavy atom. The molecular formula is C14H29N3O2S. The number of thiocarbonyl (C=S) groups is 1. The van der Waals surface area contributed by atoms with Gasteiger partial charge in [0, 0.05) is 39.8 Å². The number of nitrogens with zero attached hydrogens (tertiary/aromatic N) is 1. The lowest BCUT2D eigenvalue weighted by Crippen LogP contribution is -2.47. The molecule has 0 heterocycles. The number of nitrogens with one attached hydrogen (secondary N) is 1. The van der Waals surface area contributed by atoms with Crippen molar-refractivity contribution in [3.63, 3.8) is 0 Å². The zero-order valence-corrected chi connectivity index (χ0v) is 14.0. The van der Waals surface area contributed by atoms with Crippen LogP contribution >= 0.6 is 12.2 Å². The number of hydrogen-bond donors (Lipinski definition) is 2. The minimum atomic E-state index is -0.172. The van der Waals surface area contributed by atoms with Crippen molar-refractivity contribution in [2.75, 3.05) is 33.4 Å². The van der Waals surface area contributed by atoms with Gasteiger partial charge in [0.15, 0.2) is 0 Å². The lowest BCUT2D eigenvalue weighted by atomic mass is 10.1. The second-order valence-corrected chi connectivity index (χ2v) is 5.94. The Balaban J connectivity index is 4.31. The lowest BCUT2D eigenvalue weighted by molar-refractivity contribution is -0.126.